The van der Waals surface area contributed by atoms with Crippen molar-refractivity contribution in [3.63, 3.8) is 0 Å². The molecule has 0 saturated carbocycles. The van der Waals surface area contributed by atoms with E-state index in [0.29, 0.717) is 33.4 Å². The van der Waals surface area contributed by atoms with Crippen LogP contribution in [0.3, 0.4) is 0 Å². The summed E-state index contributed by atoms with van der Waals surface area (Å²) in [5, 5.41) is 6.11. The molecule has 1 atom stereocenters. The fourth-order valence-electron chi connectivity index (χ4n) is 2.74. The van der Waals surface area contributed by atoms with E-state index in [1.54, 1.807) is 36.4 Å². The molecule has 3 aromatic carbocycles. The Morgan fingerprint density at radius 1 is 1.00 bits per heavy atom. The number of hydrogen-bond donors (Lipinski definition) is 2. The maximum absolute atomic E-state index is 13.0. The van der Waals surface area contributed by atoms with E-state index in [2.05, 4.69) is 10.6 Å². The molecule has 0 heterocycles. The van der Waals surface area contributed by atoms with Crippen LogP contribution < -0.4 is 10.6 Å². The second-order valence-corrected chi connectivity index (χ2v) is 8.74. The van der Waals surface area contributed by atoms with Crippen molar-refractivity contribution in [2.24, 2.45) is 0 Å². The van der Waals surface area contributed by atoms with Crippen LogP contribution in [0, 0.1) is 5.82 Å². The summed E-state index contributed by atoms with van der Waals surface area (Å²) >= 11 is 13.4. The zero-order valence-electron chi connectivity index (χ0n) is 16.5. The third kappa shape index (κ3) is 6.47. The molecule has 0 aromatic heterocycles. The monoisotopic (exact) mass is 476 g/mol. The number of benzene rings is 3. The highest BCUT2D eigenvalue weighted by Gasteiger charge is 2.19. The van der Waals surface area contributed by atoms with Crippen molar-refractivity contribution in [3.05, 3.63) is 88.2 Å². The molecule has 3 aromatic rings. The van der Waals surface area contributed by atoms with Crippen LogP contribution in [0.2, 0.25) is 10.0 Å². The predicted molar refractivity (Wildman–Crippen MR) is 126 cm³/mol. The molecule has 4 nitrogen and oxygen atoms in total. The highest BCUT2D eigenvalue weighted by Crippen LogP contribution is 2.30. The van der Waals surface area contributed by atoms with E-state index >= 15 is 0 Å². The van der Waals surface area contributed by atoms with Gasteiger partial charge in [-0.3, -0.25) is 9.59 Å². The molecule has 0 aliphatic carbocycles. The third-order valence-corrected chi connectivity index (χ3v) is 6.23. The molecule has 0 bridgehead atoms. The van der Waals surface area contributed by atoms with E-state index in [9.17, 15) is 14.0 Å². The van der Waals surface area contributed by atoms with Gasteiger partial charge in [-0.25, -0.2) is 4.39 Å². The van der Waals surface area contributed by atoms with Crippen LogP contribution in [0.4, 0.5) is 15.8 Å². The van der Waals surface area contributed by atoms with Crippen LogP contribution in [-0.4, -0.2) is 17.1 Å². The fourth-order valence-corrected chi connectivity index (χ4v) is 4.21. The van der Waals surface area contributed by atoms with E-state index in [4.69, 9.17) is 23.2 Å². The van der Waals surface area contributed by atoms with Gasteiger partial charge in [0.2, 0.25) is 5.91 Å². The van der Waals surface area contributed by atoms with E-state index in [0.717, 1.165) is 4.90 Å². The average Bonchev–Trinajstić information content (AvgIpc) is 2.74. The van der Waals surface area contributed by atoms with Crippen LogP contribution >= 0.6 is 35.0 Å². The Morgan fingerprint density at radius 3 is 2.42 bits per heavy atom. The van der Waals surface area contributed by atoms with Gasteiger partial charge in [-0.2, -0.15) is 0 Å². The van der Waals surface area contributed by atoms with Gasteiger partial charge in [-0.1, -0.05) is 36.2 Å². The molecular weight excluding hydrogens is 458 g/mol. The van der Waals surface area contributed by atoms with Crippen molar-refractivity contribution >= 4 is 58.2 Å². The fraction of sp³-hybridized carbons (Fsp3) is 0.130. The Labute approximate surface area is 194 Å². The maximum atomic E-state index is 13.0. The molecule has 0 aliphatic heterocycles. The third-order valence-electron chi connectivity index (χ3n) is 4.33. The summed E-state index contributed by atoms with van der Waals surface area (Å²) in [6.07, 6.45) is 0.591. The lowest BCUT2D eigenvalue weighted by Gasteiger charge is -2.16. The molecule has 3 rings (SSSR count). The number of anilines is 2. The maximum Gasteiger partial charge on any atom is 0.255 e. The zero-order chi connectivity index (χ0) is 22.4. The highest BCUT2D eigenvalue weighted by molar-refractivity contribution is 8.00. The summed E-state index contributed by atoms with van der Waals surface area (Å²) in [7, 11) is 0. The standard InChI is InChI=1S/C23H19Cl2FN2O2S/c1-2-21(23(30)28-20-11-8-15(24)12-19(20)25)31-18-5-3-4-17(13-18)27-22(29)14-6-9-16(26)10-7-14/h3-13,21H,2H2,1H3,(H,27,29)(H,28,30). The van der Waals surface area contributed by atoms with Gasteiger partial charge in [-0.15, -0.1) is 11.8 Å². The molecule has 160 valence electrons. The Balaban J connectivity index is 1.67. The topological polar surface area (TPSA) is 58.2 Å². The van der Waals surface area contributed by atoms with E-state index in [1.807, 2.05) is 13.0 Å². The average molecular weight is 477 g/mol. The highest BCUT2D eigenvalue weighted by atomic mass is 35.5. The van der Waals surface area contributed by atoms with Gasteiger partial charge in [0.05, 0.1) is 16.0 Å². The minimum Gasteiger partial charge on any atom is -0.324 e. The van der Waals surface area contributed by atoms with Crippen molar-refractivity contribution in [1.82, 2.24) is 0 Å². The Kier molecular flexibility index (Phi) is 7.96. The van der Waals surface area contributed by atoms with Crippen molar-refractivity contribution in [2.45, 2.75) is 23.5 Å². The van der Waals surface area contributed by atoms with Gasteiger partial charge >= 0.3 is 0 Å². The molecule has 2 N–H and O–H groups in total. The van der Waals surface area contributed by atoms with Gasteiger partial charge in [0.1, 0.15) is 5.82 Å². The first kappa shape index (κ1) is 23.1. The van der Waals surface area contributed by atoms with Gasteiger partial charge in [0.25, 0.3) is 5.91 Å². The van der Waals surface area contributed by atoms with Gasteiger partial charge in [0, 0.05) is 21.2 Å². The molecule has 2 amide bonds. The van der Waals surface area contributed by atoms with Crippen LogP contribution in [0.15, 0.2) is 71.6 Å². The summed E-state index contributed by atoms with van der Waals surface area (Å²) in [5.41, 5.74) is 1.43. The first-order chi connectivity index (χ1) is 14.9. The van der Waals surface area contributed by atoms with Gasteiger partial charge in [-0.05, 0) is 67.1 Å². The molecular formula is C23H19Cl2FN2O2S. The molecule has 1 unspecified atom stereocenters. The Morgan fingerprint density at radius 2 is 1.74 bits per heavy atom. The lowest BCUT2D eigenvalue weighted by molar-refractivity contribution is -0.115. The second kappa shape index (κ2) is 10.7. The number of rotatable bonds is 7. The smallest absolute Gasteiger partial charge is 0.255 e. The summed E-state index contributed by atoms with van der Waals surface area (Å²) in [4.78, 5) is 25.9. The normalized spacial score (nSPS) is 11.6. The molecule has 0 fully saturated rings. The summed E-state index contributed by atoms with van der Waals surface area (Å²) in [6.45, 7) is 1.92. The minimum atomic E-state index is -0.404. The van der Waals surface area contributed by atoms with Crippen molar-refractivity contribution in [3.8, 4) is 0 Å². The summed E-state index contributed by atoms with van der Waals surface area (Å²) in [6, 6.07) is 17.4. The van der Waals surface area contributed by atoms with Gasteiger partial charge < -0.3 is 10.6 Å². The molecule has 0 spiro atoms. The van der Waals surface area contributed by atoms with Crippen molar-refractivity contribution in [2.75, 3.05) is 10.6 Å². The largest absolute Gasteiger partial charge is 0.324 e. The summed E-state index contributed by atoms with van der Waals surface area (Å²) < 4.78 is 13.0. The number of halogens is 3. The van der Waals surface area contributed by atoms with Crippen LogP contribution in [-0.2, 0) is 4.79 Å². The van der Waals surface area contributed by atoms with Crippen molar-refractivity contribution in [1.29, 1.82) is 0 Å². The van der Waals surface area contributed by atoms with E-state index in [-0.39, 0.29) is 17.1 Å². The number of amides is 2. The molecule has 0 aliphatic rings. The van der Waals surface area contributed by atoms with Crippen LogP contribution in [0.1, 0.15) is 23.7 Å². The van der Waals surface area contributed by atoms with Crippen molar-refractivity contribution < 1.29 is 14.0 Å². The lowest BCUT2D eigenvalue weighted by Crippen LogP contribution is -2.24. The first-order valence-corrected chi connectivity index (χ1v) is 11.1. The SMILES string of the molecule is CCC(Sc1cccc(NC(=O)c2ccc(F)cc2)c1)C(=O)Nc1ccc(Cl)cc1Cl. The number of hydrogen-bond acceptors (Lipinski definition) is 3. The minimum absolute atomic E-state index is 0.183. The number of carbonyl (C=O) groups is 2. The predicted octanol–water partition coefficient (Wildman–Crippen LogP) is 6.89. The number of thioether (sulfide) groups is 1. The van der Waals surface area contributed by atoms with Gasteiger partial charge in [0.15, 0.2) is 0 Å². The second-order valence-electron chi connectivity index (χ2n) is 6.62. The molecule has 0 saturated heterocycles. The Bertz CT molecular complexity index is 1090. The van der Waals surface area contributed by atoms with E-state index in [1.165, 1.54) is 36.0 Å². The summed E-state index contributed by atoms with van der Waals surface area (Å²) in [5.74, 6) is -0.930. The first-order valence-electron chi connectivity index (χ1n) is 9.45. The zero-order valence-corrected chi connectivity index (χ0v) is 18.8. The lowest BCUT2D eigenvalue weighted by atomic mass is 10.2. The number of carbonyl (C=O) groups excluding carboxylic acids is 2. The molecule has 8 heteroatoms. The van der Waals surface area contributed by atoms with Crippen LogP contribution in [0.5, 0.6) is 0 Å². The van der Waals surface area contributed by atoms with E-state index < -0.39 is 5.82 Å². The quantitative estimate of drug-likeness (QED) is 0.364. The van der Waals surface area contributed by atoms with Crippen LogP contribution in [0.25, 0.3) is 0 Å². The number of nitrogens with one attached hydrogen (secondary N) is 2. The Hall–Kier alpha value is -2.54. The molecule has 0 radical (unpaired) electrons. The molecule has 31 heavy (non-hydrogen) atoms.